The lowest BCUT2D eigenvalue weighted by Gasteiger charge is -2.26. The molecule has 4 nitrogen and oxygen atoms in total. The fourth-order valence-electron chi connectivity index (χ4n) is 2.75. The molecule has 1 fully saturated rings. The van der Waals surface area contributed by atoms with E-state index < -0.39 is 11.4 Å². The van der Waals surface area contributed by atoms with Crippen molar-refractivity contribution in [3.63, 3.8) is 0 Å². The second kappa shape index (κ2) is 6.30. The van der Waals surface area contributed by atoms with Gasteiger partial charge in [-0.15, -0.1) is 0 Å². The van der Waals surface area contributed by atoms with Crippen molar-refractivity contribution in [1.82, 2.24) is 9.80 Å². The van der Waals surface area contributed by atoms with Gasteiger partial charge in [0, 0.05) is 23.7 Å². The SMILES string of the molecule is CN(C)C[C@@]1(O)CCN(C(=O)Cc2c(F)cccc2Cl)C1. The third-order valence-corrected chi connectivity index (χ3v) is 4.04. The number of rotatable bonds is 4. The number of likely N-dealkylation sites (tertiary alicyclic amines) is 1. The summed E-state index contributed by atoms with van der Waals surface area (Å²) in [6, 6.07) is 4.37. The van der Waals surface area contributed by atoms with Crippen LogP contribution in [0.2, 0.25) is 5.02 Å². The number of hydrogen-bond acceptors (Lipinski definition) is 3. The van der Waals surface area contributed by atoms with Crippen LogP contribution in [0.4, 0.5) is 4.39 Å². The Bertz CT molecular complexity index is 518. The summed E-state index contributed by atoms with van der Waals surface area (Å²) in [4.78, 5) is 15.7. The summed E-state index contributed by atoms with van der Waals surface area (Å²) in [5.74, 6) is -0.685. The van der Waals surface area contributed by atoms with Gasteiger partial charge in [0.15, 0.2) is 0 Å². The summed E-state index contributed by atoms with van der Waals surface area (Å²) < 4.78 is 13.7. The van der Waals surface area contributed by atoms with E-state index in [1.807, 2.05) is 19.0 Å². The average molecular weight is 315 g/mol. The van der Waals surface area contributed by atoms with Crippen LogP contribution in [-0.2, 0) is 11.2 Å². The molecule has 1 heterocycles. The van der Waals surface area contributed by atoms with Crippen LogP contribution in [0.1, 0.15) is 12.0 Å². The van der Waals surface area contributed by atoms with Crippen molar-refractivity contribution in [2.75, 3.05) is 33.7 Å². The van der Waals surface area contributed by atoms with Gasteiger partial charge in [0.05, 0.1) is 18.6 Å². The molecule has 0 spiro atoms. The zero-order valence-corrected chi connectivity index (χ0v) is 13.0. The van der Waals surface area contributed by atoms with Crippen molar-refractivity contribution in [2.45, 2.75) is 18.4 Å². The molecule has 0 aliphatic carbocycles. The molecule has 0 saturated carbocycles. The quantitative estimate of drug-likeness (QED) is 0.917. The van der Waals surface area contributed by atoms with Crippen molar-refractivity contribution >= 4 is 17.5 Å². The summed E-state index contributed by atoms with van der Waals surface area (Å²) in [6.45, 7) is 1.25. The van der Waals surface area contributed by atoms with Crippen LogP contribution < -0.4 is 0 Å². The number of halogens is 2. The van der Waals surface area contributed by atoms with Gasteiger partial charge in [0.25, 0.3) is 0 Å². The monoisotopic (exact) mass is 314 g/mol. The predicted octanol–water partition coefficient (Wildman–Crippen LogP) is 1.55. The number of β-amino-alcohol motifs (C(OH)–C–C–N with tert-alkyl or cyclic N) is 1. The van der Waals surface area contributed by atoms with E-state index in [0.717, 1.165) is 0 Å². The molecule has 1 saturated heterocycles. The minimum absolute atomic E-state index is 0.0798. The fraction of sp³-hybridized carbons (Fsp3) is 0.533. The largest absolute Gasteiger partial charge is 0.387 e. The lowest BCUT2D eigenvalue weighted by atomic mass is 10.0. The Morgan fingerprint density at radius 2 is 2.24 bits per heavy atom. The predicted molar refractivity (Wildman–Crippen MR) is 79.8 cm³/mol. The Balaban J connectivity index is 2.02. The van der Waals surface area contributed by atoms with Crippen LogP contribution in [0, 0.1) is 5.82 Å². The van der Waals surface area contributed by atoms with Crippen molar-refractivity contribution in [1.29, 1.82) is 0 Å². The normalized spacial score (nSPS) is 22.1. The molecular formula is C15H20ClFN2O2. The Labute approximate surface area is 129 Å². The van der Waals surface area contributed by atoms with Gasteiger partial charge in [0.1, 0.15) is 5.82 Å². The van der Waals surface area contributed by atoms with E-state index >= 15 is 0 Å². The number of aliphatic hydroxyl groups is 1. The number of hydrogen-bond donors (Lipinski definition) is 1. The molecule has 6 heteroatoms. The number of benzene rings is 1. The van der Waals surface area contributed by atoms with Gasteiger partial charge >= 0.3 is 0 Å². The Hall–Kier alpha value is -1.17. The standard InChI is InChI=1S/C15H20ClFN2O2/c1-18(2)9-15(21)6-7-19(10-15)14(20)8-11-12(16)4-3-5-13(11)17/h3-5,21H,6-10H2,1-2H3/t15-/m0/s1. The maximum absolute atomic E-state index is 13.7. The second-order valence-electron chi connectivity index (χ2n) is 5.90. The molecule has 1 N–H and O–H groups in total. The molecule has 0 aromatic heterocycles. The topological polar surface area (TPSA) is 43.8 Å². The molecule has 1 atom stereocenters. The van der Waals surface area contributed by atoms with E-state index in [1.165, 1.54) is 12.1 Å². The third-order valence-electron chi connectivity index (χ3n) is 3.69. The maximum Gasteiger partial charge on any atom is 0.227 e. The molecule has 0 radical (unpaired) electrons. The second-order valence-corrected chi connectivity index (χ2v) is 6.31. The smallest absolute Gasteiger partial charge is 0.227 e. The van der Waals surface area contributed by atoms with Gasteiger partial charge in [-0.1, -0.05) is 17.7 Å². The molecule has 1 amide bonds. The van der Waals surface area contributed by atoms with E-state index in [4.69, 9.17) is 11.6 Å². The first-order chi connectivity index (χ1) is 9.81. The third kappa shape index (κ3) is 3.93. The van der Waals surface area contributed by atoms with Gasteiger partial charge in [-0.25, -0.2) is 4.39 Å². The number of nitrogens with zero attached hydrogens (tertiary/aromatic N) is 2. The highest BCUT2D eigenvalue weighted by Gasteiger charge is 2.38. The zero-order chi connectivity index (χ0) is 15.6. The molecule has 1 aromatic rings. The summed E-state index contributed by atoms with van der Waals surface area (Å²) in [5.41, 5.74) is -0.676. The molecule has 0 unspecified atom stereocenters. The number of likely N-dealkylation sites (N-methyl/N-ethyl adjacent to an activating group) is 1. The van der Waals surface area contributed by atoms with E-state index in [1.54, 1.807) is 11.0 Å². The molecule has 21 heavy (non-hydrogen) atoms. The molecule has 116 valence electrons. The molecule has 1 aromatic carbocycles. The number of carbonyl (C=O) groups is 1. The zero-order valence-electron chi connectivity index (χ0n) is 12.3. The van der Waals surface area contributed by atoms with Crippen LogP contribution >= 0.6 is 11.6 Å². The highest BCUT2D eigenvalue weighted by Crippen LogP contribution is 2.25. The summed E-state index contributed by atoms with van der Waals surface area (Å²) >= 11 is 5.94. The van der Waals surface area contributed by atoms with Crippen LogP contribution in [-0.4, -0.2) is 60.1 Å². The Morgan fingerprint density at radius 3 is 2.86 bits per heavy atom. The van der Waals surface area contributed by atoms with Crippen LogP contribution in [0.5, 0.6) is 0 Å². The molecule has 1 aliphatic heterocycles. The molecule has 0 bridgehead atoms. The van der Waals surface area contributed by atoms with Crippen molar-refractivity contribution in [3.8, 4) is 0 Å². The first kappa shape index (κ1) is 16.2. The molecule has 1 aliphatic rings. The van der Waals surface area contributed by atoms with Gasteiger partial charge in [-0.2, -0.15) is 0 Å². The van der Waals surface area contributed by atoms with Gasteiger partial charge in [0.2, 0.25) is 5.91 Å². The Kier molecular flexibility index (Phi) is 4.86. The van der Waals surface area contributed by atoms with E-state index in [2.05, 4.69) is 0 Å². The van der Waals surface area contributed by atoms with Crippen molar-refractivity contribution in [2.24, 2.45) is 0 Å². The minimum Gasteiger partial charge on any atom is -0.387 e. The van der Waals surface area contributed by atoms with Crippen LogP contribution in [0.3, 0.4) is 0 Å². The average Bonchev–Trinajstić information content (AvgIpc) is 2.75. The van der Waals surface area contributed by atoms with Crippen molar-refractivity contribution in [3.05, 3.63) is 34.6 Å². The lowest BCUT2D eigenvalue weighted by Crippen LogP contribution is -2.43. The fourth-order valence-corrected chi connectivity index (χ4v) is 2.98. The van der Waals surface area contributed by atoms with Gasteiger partial charge in [-0.3, -0.25) is 4.79 Å². The lowest BCUT2D eigenvalue weighted by molar-refractivity contribution is -0.130. The summed E-state index contributed by atoms with van der Waals surface area (Å²) in [5, 5.41) is 10.7. The summed E-state index contributed by atoms with van der Waals surface area (Å²) in [7, 11) is 3.75. The molecular weight excluding hydrogens is 295 g/mol. The highest BCUT2D eigenvalue weighted by molar-refractivity contribution is 6.31. The minimum atomic E-state index is -0.891. The van der Waals surface area contributed by atoms with Crippen molar-refractivity contribution < 1.29 is 14.3 Å². The Morgan fingerprint density at radius 1 is 1.52 bits per heavy atom. The summed E-state index contributed by atoms with van der Waals surface area (Å²) in [6.07, 6.45) is 0.450. The van der Waals surface area contributed by atoms with Gasteiger partial charge < -0.3 is 14.9 Å². The van der Waals surface area contributed by atoms with Gasteiger partial charge in [-0.05, 0) is 32.6 Å². The number of carbonyl (C=O) groups excluding carboxylic acids is 1. The van der Waals surface area contributed by atoms with E-state index in [9.17, 15) is 14.3 Å². The number of amides is 1. The van der Waals surface area contributed by atoms with E-state index in [-0.39, 0.29) is 29.5 Å². The van der Waals surface area contributed by atoms with Crippen LogP contribution in [0.15, 0.2) is 18.2 Å². The maximum atomic E-state index is 13.7. The first-order valence-electron chi connectivity index (χ1n) is 6.88. The highest BCUT2D eigenvalue weighted by atomic mass is 35.5. The molecule has 2 rings (SSSR count). The van der Waals surface area contributed by atoms with E-state index in [0.29, 0.717) is 19.5 Å². The van der Waals surface area contributed by atoms with Crippen LogP contribution in [0.25, 0.3) is 0 Å². The first-order valence-corrected chi connectivity index (χ1v) is 7.26.